The molecular formula is C28H23F3N4O2. The summed E-state index contributed by atoms with van der Waals surface area (Å²) < 4.78 is 40.9. The predicted molar refractivity (Wildman–Crippen MR) is 133 cm³/mol. The largest absolute Gasteiger partial charge is 0.387 e. The van der Waals surface area contributed by atoms with Gasteiger partial charge in [0.25, 0.3) is 5.91 Å². The first kappa shape index (κ1) is 24.5. The average molecular weight is 505 g/mol. The van der Waals surface area contributed by atoms with Gasteiger partial charge >= 0.3 is 0 Å². The number of benzene rings is 2. The number of aliphatic hydroxyl groups is 1. The number of aromatic nitrogens is 2. The molecule has 3 heterocycles. The first-order chi connectivity index (χ1) is 17.9. The first-order valence-corrected chi connectivity index (χ1v) is 11.7. The SMILES string of the molecule is O=C(c1cccc2c1CCN2)N(CC(O)c1ccncc1)c1cc(Cc2cc(F)c(F)c(F)c2)ccn1. The summed E-state index contributed by atoms with van der Waals surface area (Å²) in [6, 6.07) is 13.9. The lowest BCUT2D eigenvalue weighted by molar-refractivity contribution is 0.0960. The molecule has 0 fully saturated rings. The Balaban J connectivity index is 1.50. The molecule has 1 aliphatic heterocycles. The smallest absolute Gasteiger partial charge is 0.259 e. The van der Waals surface area contributed by atoms with Crippen LogP contribution < -0.4 is 10.2 Å². The van der Waals surface area contributed by atoms with Crippen LogP contribution in [0.15, 0.2) is 73.2 Å². The number of carbonyl (C=O) groups is 1. The van der Waals surface area contributed by atoms with E-state index >= 15 is 0 Å². The molecule has 0 saturated carbocycles. The summed E-state index contributed by atoms with van der Waals surface area (Å²) in [5.41, 5.74) is 3.70. The van der Waals surface area contributed by atoms with Crippen LogP contribution in [0.2, 0.25) is 0 Å². The minimum absolute atomic E-state index is 0.0865. The molecule has 2 aromatic carbocycles. The van der Waals surface area contributed by atoms with Crippen LogP contribution in [0.3, 0.4) is 0 Å². The maximum absolute atomic E-state index is 13.9. The Labute approximate surface area is 211 Å². The molecule has 2 N–H and O–H groups in total. The fourth-order valence-corrected chi connectivity index (χ4v) is 4.50. The molecule has 6 nitrogen and oxygen atoms in total. The third-order valence-corrected chi connectivity index (χ3v) is 6.33. The number of rotatable bonds is 7. The summed E-state index contributed by atoms with van der Waals surface area (Å²) in [6.07, 6.45) is 4.35. The van der Waals surface area contributed by atoms with E-state index in [1.807, 2.05) is 6.07 Å². The van der Waals surface area contributed by atoms with Crippen LogP contribution in [0.5, 0.6) is 0 Å². The second-order valence-corrected chi connectivity index (χ2v) is 8.79. The van der Waals surface area contributed by atoms with Gasteiger partial charge in [-0.2, -0.15) is 0 Å². The maximum Gasteiger partial charge on any atom is 0.259 e. The number of amides is 1. The van der Waals surface area contributed by atoms with Crippen LogP contribution in [0.4, 0.5) is 24.7 Å². The lowest BCUT2D eigenvalue weighted by atomic mass is 10.0. The summed E-state index contributed by atoms with van der Waals surface area (Å²) in [7, 11) is 0. The standard InChI is InChI=1S/C28H23F3N4O2/c29-22-13-18(14-23(30)27(22)31)12-17-4-10-34-26(15-17)35(16-25(36)19-5-8-32-9-6-19)28(37)21-2-1-3-24-20(21)7-11-33-24/h1-6,8-10,13-15,25,33,36H,7,11-12,16H2. The number of carbonyl (C=O) groups excluding carboxylic acids is 1. The minimum Gasteiger partial charge on any atom is -0.387 e. The number of hydrogen-bond donors (Lipinski definition) is 2. The van der Waals surface area contributed by atoms with Crippen molar-refractivity contribution in [1.82, 2.24) is 9.97 Å². The van der Waals surface area contributed by atoms with Crippen LogP contribution >= 0.6 is 0 Å². The molecule has 1 amide bonds. The summed E-state index contributed by atoms with van der Waals surface area (Å²) in [5.74, 6) is -4.13. The Kier molecular flexibility index (Phi) is 6.87. The third-order valence-electron chi connectivity index (χ3n) is 6.33. The first-order valence-electron chi connectivity index (χ1n) is 11.7. The van der Waals surface area contributed by atoms with Crippen molar-refractivity contribution in [3.63, 3.8) is 0 Å². The van der Waals surface area contributed by atoms with Gasteiger partial charge in [-0.15, -0.1) is 0 Å². The highest BCUT2D eigenvalue weighted by molar-refractivity contribution is 6.07. The van der Waals surface area contributed by atoms with Crippen LogP contribution in [0, 0.1) is 17.5 Å². The summed E-state index contributed by atoms with van der Waals surface area (Å²) in [4.78, 5) is 23.6. The van der Waals surface area contributed by atoms with E-state index in [-0.39, 0.29) is 30.3 Å². The van der Waals surface area contributed by atoms with Crippen molar-refractivity contribution in [1.29, 1.82) is 0 Å². The van der Waals surface area contributed by atoms with Crippen molar-refractivity contribution < 1.29 is 23.1 Å². The number of hydrogen-bond acceptors (Lipinski definition) is 5. The van der Waals surface area contributed by atoms with Gasteiger partial charge in [0.1, 0.15) is 5.82 Å². The highest BCUT2D eigenvalue weighted by Gasteiger charge is 2.27. The van der Waals surface area contributed by atoms with Gasteiger partial charge in [0.05, 0.1) is 12.6 Å². The van der Waals surface area contributed by atoms with Crippen LogP contribution in [0.1, 0.15) is 38.7 Å². The van der Waals surface area contributed by atoms with Gasteiger partial charge in [0.15, 0.2) is 17.5 Å². The van der Waals surface area contributed by atoms with Crippen molar-refractivity contribution in [2.75, 3.05) is 23.3 Å². The Morgan fingerprint density at radius 3 is 2.51 bits per heavy atom. The monoisotopic (exact) mass is 504 g/mol. The quantitative estimate of drug-likeness (QED) is 0.353. The zero-order chi connectivity index (χ0) is 25.9. The number of halogens is 3. The second kappa shape index (κ2) is 10.4. The van der Waals surface area contributed by atoms with E-state index < -0.39 is 23.6 Å². The molecule has 1 atom stereocenters. The normalized spacial score (nSPS) is 13.1. The molecule has 37 heavy (non-hydrogen) atoms. The van der Waals surface area contributed by atoms with Gasteiger partial charge in [0, 0.05) is 36.4 Å². The molecule has 0 radical (unpaired) electrons. The number of anilines is 2. The van der Waals surface area contributed by atoms with Crippen molar-refractivity contribution in [2.45, 2.75) is 18.9 Å². The van der Waals surface area contributed by atoms with E-state index in [1.165, 1.54) is 11.1 Å². The molecule has 188 valence electrons. The Morgan fingerprint density at radius 1 is 1.00 bits per heavy atom. The lowest BCUT2D eigenvalue weighted by Gasteiger charge is -2.26. The van der Waals surface area contributed by atoms with Gasteiger partial charge in [-0.05, 0) is 83.6 Å². The van der Waals surface area contributed by atoms with Crippen molar-refractivity contribution in [3.05, 3.63) is 118 Å². The predicted octanol–water partition coefficient (Wildman–Crippen LogP) is 4.83. The Morgan fingerprint density at radius 2 is 1.76 bits per heavy atom. The molecule has 1 unspecified atom stereocenters. The highest BCUT2D eigenvalue weighted by atomic mass is 19.2. The van der Waals surface area contributed by atoms with Gasteiger partial charge in [-0.3, -0.25) is 14.7 Å². The van der Waals surface area contributed by atoms with Gasteiger partial charge < -0.3 is 10.4 Å². The van der Waals surface area contributed by atoms with E-state index in [0.29, 0.717) is 23.1 Å². The summed E-state index contributed by atoms with van der Waals surface area (Å²) in [6.45, 7) is 0.633. The van der Waals surface area contributed by atoms with E-state index in [2.05, 4.69) is 15.3 Å². The Hall–Kier alpha value is -4.24. The average Bonchev–Trinajstić information content (AvgIpc) is 3.40. The molecule has 9 heteroatoms. The molecule has 4 aromatic rings. The molecule has 5 rings (SSSR count). The number of nitrogens with one attached hydrogen (secondary N) is 1. The van der Waals surface area contributed by atoms with Crippen LogP contribution in [0.25, 0.3) is 0 Å². The molecule has 2 aromatic heterocycles. The fourth-order valence-electron chi connectivity index (χ4n) is 4.50. The van der Waals surface area contributed by atoms with Crippen molar-refractivity contribution in [3.8, 4) is 0 Å². The highest BCUT2D eigenvalue weighted by Crippen LogP contribution is 2.29. The minimum atomic E-state index is -1.52. The topological polar surface area (TPSA) is 78.4 Å². The van der Waals surface area contributed by atoms with Gasteiger partial charge in [0.2, 0.25) is 0 Å². The summed E-state index contributed by atoms with van der Waals surface area (Å²) in [5, 5.41) is 14.2. The number of fused-ring (bicyclic) bond motifs is 1. The van der Waals surface area contributed by atoms with E-state index in [4.69, 9.17) is 0 Å². The van der Waals surface area contributed by atoms with Gasteiger partial charge in [-0.25, -0.2) is 18.2 Å². The molecule has 0 saturated heterocycles. The fraction of sp³-hybridized carbons (Fsp3) is 0.179. The molecular weight excluding hydrogens is 481 g/mol. The van der Waals surface area contributed by atoms with Crippen LogP contribution in [-0.2, 0) is 12.8 Å². The van der Waals surface area contributed by atoms with E-state index in [0.717, 1.165) is 29.9 Å². The Bertz CT molecular complexity index is 1430. The maximum atomic E-state index is 13.9. The summed E-state index contributed by atoms with van der Waals surface area (Å²) >= 11 is 0. The molecule has 0 spiro atoms. The zero-order valence-electron chi connectivity index (χ0n) is 19.7. The molecule has 0 bridgehead atoms. The van der Waals surface area contributed by atoms with Gasteiger partial charge in [-0.1, -0.05) is 6.07 Å². The van der Waals surface area contributed by atoms with Crippen LogP contribution in [-0.4, -0.2) is 34.1 Å². The molecule has 0 aliphatic carbocycles. The van der Waals surface area contributed by atoms with Crippen molar-refractivity contribution in [2.24, 2.45) is 0 Å². The zero-order valence-corrected chi connectivity index (χ0v) is 19.7. The number of pyridine rings is 2. The number of nitrogens with zero attached hydrogens (tertiary/aromatic N) is 3. The van der Waals surface area contributed by atoms with E-state index in [9.17, 15) is 23.1 Å². The second-order valence-electron chi connectivity index (χ2n) is 8.79. The number of aliphatic hydroxyl groups excluding tert-OH is 1. The third kappa shape index (κ3) is 5.17. The van der Waals surface area contributed by atoms with E-state index in [1.54, 1.807) is 48.8 Å². The lowest BCUT2D eigenvalue weighted by Crippen LogP contribution is -2.36. The molecule has 1 aliphatic rings. The van der Waals surface area contributed by atoms with Crippen molar-refractivity contribution >= 4 is 17.4 Å².